The number of hydrogen-bond acceptors (Lipinski definition) is 3. The predicted octanol–water partition coefficient (Wildman–Crippen LogP) is 1.61. The normalized spacial score (nSPS) is 17.8. The Bertz CT molecular complexity index is 696. The van der Waals surface area contributed by atoms with E-state index in [-0.39, 0.29) is 11.8 Å². The minimum Gasteiger partial charge on any atom is -0.357 e. The maximum atomic E-state index is 12.7. The van der Waals surface area contributed by atoms with Crippen LogP contribution in [0.2, 0.25) is 0 Å². The summed E-state index contributed by atoms with van der Waals surface area (Å²) in [6.45, 7) is 0.592. The lowest BCUT2D eigenvalue weighted by molar-refractivity contribution is -0.126. The number of likely N-dealkylation sites (N-methyl/N-ethyl adjacent to an activating group) is 1. The van der Waals surface area contributed by atoms with Gasteiger partial charge in [0.25, 0.3) is 5.91 Å². The highest BCUT2D eigenvalue weighted by molar-refractivity contribution is 5.96. The highest BCUT2D eigenvalue weighted by Crippen LogP contribution is 2.20. The van der Waals surface area contributed by atoms with Crippen LogP contribution in [-0.4, -0.2) is 46.1 Å². The molecule has 1 aliphatic rings. The molecule has 0 radical (unpaired) electrons. The number of rotatable bonds is 3. The van der Waals surface area contributed by atoms with E-state index in [9.17, 15) is 9.59 Å². The fourth-order valence-electron chi connectivity index (χ4n) is 2.92. The number of nitrogens with one attached hydrogen (secondary N) is 1. The maximum Gasteiger partial charge on any atom is 0.275 e. The van der Waals surface area contributed by atoms with Gasteiger partial charge in [0.1, 0.15) is 6.04 Å². The van der Waals surface area contributed by atoms with E-state index in [0.717, 1.165) is 18.5 Å². The van der Waals surface area contributed by atoms with Crippen molar-refractivity contribution in [1.82, 2.24) is 20.0 Å². The minimum atomic E-state index is -0.400. The van der Waals surface area contributed by atoms with Gasteiger partial charge in [-0.25, -0.2) is 4.68 Å². The van der Waals surface area contributed by atoms with E-state index in [4.69, 9.17) is 0 Å². The topological polar surface area (TPSA) is 67.2 Å². The average Bonchev–Trinajstić information content (AvgIpc) is 3.11. The van der Waals surface area contributed by atoms with E-state index >= 15 is 0 Å². The van der Waals surface area contributed by atoms with Crippen molar-refractivity contribution in [3.63, 3.8) is 0 Å². The standard InChI is InChI=1S/C17H20N4O2/c1-18-16(22)15-9-5-6-11-20(15)17(23)14-10-12-21(19-14)13-7-3-2-4-8-13/h2-4,7-8,10,12,15H,5-6,9,11H2,1H3,(H,18,22). The van der Waals surface area contributed by atoms with Crippen molar-refractivity contribution >= 4 is 11.8 Å². The van der Waals surface area contributed by atoms with Gasteiger partial charge in [-0.3, -0.25) is 9.59 Å². The molecule has 23 heavy (non-hydrogen) atoms. The van der Waals surface area contributed by atoms with Crippen molar-refractivity contribution < 1.29 is 9.59 Å². The van der Waals surface area contributed by atoms with Crippen LogP contribution in [0.3, 0.4) is 0 Å². The van der Waals surface area contributed by atoms with Gasteiger partial charge in [-0.1, -0.05) is 18.2 Å². The van der Waals surface area contributed by atoms with Crippen molar-refractivity contribution in [2.24, 2.45) is 0 Å². The van der Waals surface area contributed by atoms with Crippen molar-refractivity contribution in [2.45, 2.75) is 25.3 Å². The monoisotopic (exact) mass is 312 g/mol. The Kier molecular flexibility index (Phi) is 4.41. The zero-order chi connectivity index (χ0) is 16.2. The molecular weight excluding hydrogens is 292 g/mol. The molecule has 6 heteroatoms. The van der Waals surface area contributed by atoms with Crippen LogP contribution >= 0.6 is 0 Å². The van der Waals surface area contributed by atoms with Crippen LogP contribution in [0.25, 0.3) is 5.69 Å². The predicted molar refractivity (Wildman–Crippen MR) is 86.3 cm³/mol. The molecule has 0 bridgehead atoms. The molecule has 1 fully saturated rings. The molecule has 2 aromatic rings. The molecule has 1 saturated heterocycles. The summed E-state index contributed by atoms with van der Waals surface area (Å²) in [5.41, 5.74) is 1.26. The van der Waals surface area contributed by atoms with Crippen molar-refractivity contribution in [3.8, 4) is 5.69 Å². The molecule has 0 spiro atoms. The molecule has 1 aromatic carbocycles. The molecule has 2 heterocycles. The highest BCUT2D eigenvalue weighted by Gasteiger charge is 2.32. The summed E-state index contributed by atoms with van der Waals surface area (Å²) in [5.74, 6) is -0.298. The molecule has 2 amide bonds. The summed E-state index contributed by atoms with van der Waals surface area (Å²) < 4.78 is 1.67. The molecule has 1 atom stereocenters. The molecule has 1 aliphatic heterocycles. The Balaban J connectivity index is 1.82. The summed E-state index contributed by atoms with van der Waals surface area (Å²) in [4.78, 5) is 26.4. The SMILES string of the molecule is CNC(=O)C1CCCCN1C(=O)c1ccn(-c2ccccc2)n1. The summed E-state index contributed by atoms with van der Waals surface area (Å²) in [7, 11) is 1.60. The van der Waals surface area contributed by atoms with Crippen LogP contribution in [0.15, 0.2) is 42.6 Å². The Hall–Kier alpha value is -2.63. The van der Waals surface area contributed by atoms with Crippen LogP contribution < -0.4 is 5.32 Å². The van der Waals surface area contributed by atoms with Crippen LogP contribution in [-0.2, 0) is 4.79 Å². The fourth-order valence-corrected chi connectivity index (χ4v) is 2.92. The van der Waals surface area contributed by atoms with Gasteiger partial charge in [0.15, 0.2) is 5.69 Å². The molecule has 3 rings (SSSR count). The zero-order valence-corrected chi connectivity index (χ0v) is 13.1. The third-order valence-corrected chi connectivity index (χ3v) is 4.14. The second-order valence-corrected chi connectivity index (χ2v) is 5.61. The Labute approximate surface area is 135 Å². The Morgan fingerprint density at radius 3 is 2.70 bits per heavy atom. The van der Waals surface area contributed by atoms with E-state index in [1.54, 1.807) is 28.9 Å². The molecule has 0 saturated carbocycles. The van der Waals surface area contributed by atoms with Gasteiger partial charge in [-0.05, 0) is 37.5 Å². The van der Waals surface area contributed by atoms with Gasteiger partial charge >= 0.3 is 0 Å². The van der Waals surface area contributed by atoms with Gasteiger partial charge in [0.2, 0.25) is 5.91 Å². The first-order chi connectivity index (χ1) is 11.2. The summed E-state index contributed by atoms with van der Waals surface area (Å²) >= 11 is 0. The van der Waals surface area contributed by atoms with Gasteiger partial charge in [-0.2, -0.15) is 5.10 Å². The first-order valence-electron chi connectivity index (χ1n) is 7.84. The Morgan fingerprint density at radius 1 is 1.17 bits per heavy atom. The van der Waals surface area contributed by atoms with Crippen LogP contribution in [0.1, 0.15) is 29.8 Å². The lowest BCUT2D eigenvalue weighted by Crippen LogP contribution is -2.51. The number of carbonyl (C=O) groups is 2. The van der Waals surface area contributed by atoms with Crippen molar-refractivity contribution in [2.75, 3.05) is 13.6 Å². The zero-order valence-electron chi connectivity index (χ0n) is 13.1. The Morgan fingerprint density at radius 2 is 1.96 bits per heavy atom. The molecule has 1 aromatic heterocycles. The molecule has 120 valence electrons. The molecular formula is C17H20N4O2. The molecule has 1 unspecified atom stereocenters. The first-order valence-corrected chi connectivity index (χ1v) is 7.84. The number of amides is 2. The second-order valence-electron chi connectivity index (χ2n) is 5.61. The maximum absolute atomic E-state index is 12.7. The summed E-state index contributed by atoms with van der Waals surface area (Å²) in [6, 6.07) is 10.9. The van der Waals surface area contributed by atoms with Crippen LogP contribution in [0, 0.1) is 0 Å². The number of likely N-dealkylation sites (tertiary alicyclic amines) is 1. The van der Waals surface area contributed by atoms with E-state index in [1.807, 2.05) is 30.3 Å². The average molecular weight is 312 g/mol. The largest absolute Gasteiger partial charge is 0.357 e. The first kappa shape index (κ1) is 15.3. The van der Waals surface area contributed by atoms with Gasteiger partial charge in [0.05, 0.1) is 5.69 Å². The fraction of sp³-hybridized carbons (Fsp3) is 0.353. The van der Waals surface area contributed by atoms with Gasteiger partial charge in [0, 0.05) is 19.8 Å². The lowest BCUT2D eigenvalue weighted by Gasteiger charge is -2.33. The number of para-hydroxylation sites is 1. The van der Waals surface area contributed by atoms with E-state index < -0.39 is 6.04 Å². The number of piperidine rings is 1. The van der Waals surface area contributed by atoms with E-state index in [0.29, 0.717) is 18.7 Å². The lowest BCUT2D eigenvalue weighted by atomic mass is 10.0. The number of nitrogens with zero attached hydrogens (tertiary/aromatic N) is 3. The number of carbonyl (C=O) groups excluding carboxylic acids is 2. The third kappa shape index (κ3) is 3.11. The van der Waals surface area contributed by atoms with Crippen molar-refractivity contribution in [1.29, 1.82) is 0 Å². The number of benzene rings is 1. The molecule has 1 N–H and O–H groups in total. The molecule has 0 aliphatic carbocycles. The quantitative estimate of drug-likeness (QED) is 0.936. The van der Waals surface area contributed by atoms with E-state index in [2.05, 4.69) is 10.4 Å². The van der Waals surface area contributed by atoms with Crippen molar-refractivity contribution in [3.05, 3.63) is 48.3 Å². The van der Waals surface area contributed by atoms with Crippen LogP contribution in [0.4, 0.5) is 0 Å². The third-order valence-electron chi connectivity index (χ3n) is 4.14. The van der Waals surface area contributed by atoms with E-state index in [1.165, 1.54) is 0 Å². The number of aromatic nitrogens is 2. The molecule has 6 nitrogen and oxygen atoms in total. The number of hydrogen-bond donors (Lipinski definition) is 1. The minimum absolute atomic E-state index is 0.111. The highest BCUT2D eigenvalue weighted by atomic mass is 16.2. The summed E-state index contributed by atoms with van der Waals surface area (Å²) in [6.07, 6.45) is 4.34. The van der Waals surface area contributed by atoms with Gasteiger partial charge < -0.3 is 10.2 Å². The second kappa shape index (κ2) is 6.64. The smallest absolute Gasteiger partial charge is 0.275 e. The summed E-state index contributed by atoms with van der Waals surface area (Å²) in [5, 5.41) is 7.01. The van der Waals surface area contributed by atoms with Crippen LogP contribution in [0.5, 0.6) is 0 Å². The van der Waals surface area contributed by atoms with Gasteiger partial charge in [-0.15, -0.1) is 0 Å².